The average molecular weight is 533 g/mol. The molecule has 2 aromatic heterocycles. The van der Waals surface area contributed by atoms with Crippen molar-refractivity contribution >= 4 is 28.8 Å². The Morgan fingerprint density at radius 1 is 0.949 bits per heavy atom. The second kappa shape index (κ2) is 11.4. The number of para-hydroxylation sites is 1. The fraction of sp³-hybridized carbons (Fsp3) is 0.586. The van der Waals surface area contributed by atoms with Crippen molar-refractivity contribution in [3.8, 4) is 5.75 Å². The lowest BCUT2D eigenvalue weighted by Crippen LogP contribution is -2.42. The van der Waals surface area contributed by atoms with Gasteiger partial charge in [-0.25, -0.2) is 4.98 Å². The van der Waals surface area contributed by atoms with Crippen LogP contribution in [0.15, 0.2) is 30.6 Å². The molecule has 0 radical (unpaired) electrons. The number of fused-ring (bicyclic) bond motifs is 1. The SMILES string of the molecule is COc1ccccc1C(=O)N1CCC(Nc2nc(NC3CCC(N)CC3)nc3c2ncn3C2CCCC2)CC1. The largest absolute Gasteiger partial charge is 0.496 e. The molecule has 1 aromatic carbocycles. The van der Waals surface area contributed by atoms with Crippen LogP contribution in [-0.2, 0) is 0 Å². The third-order valence-electron chi connectivity index (χ3n) is 8.70. The summed E-state index contributed by atoms with van der Waals surface area (Å²) in [6, 6.07) is 8.70. The summed E-state index contributed by atoms with van der Waals surface area (Å²) in [6.45, 7) is 1.35. The number of carbonyl (C=O) groups excluding carboxylic acids is 1. The van der Waals surface area contributed by atoms with E-state index in [1.54, 1.807) is 7.11 Å². The number of benzene rings is 1. The van der Waals surface area contributed by atoms with Gasteiger partial charge in [0.25, 0.3) is 5.91 Å². The maximum Gasteiger partial charge on any atom is 0.257 e. The summed E-state index contributed by atoms with van der Waals surface area (Å²) in [4.78, 5) is 29.8. The first kappa shape index (κ1) is 25.9. The minimum atomic E-state index is 0.0179. The van der Waals surface area contributed by atoms with E-state index < -0.39 is 0 Å². The summed E-state index contributed by atoms with van der Waals surface area (Å²) < 4.78 is 7.67. The van der Waals surface area contributed by atoms with Gasteiger partial charge in [0.2, 0.25) is 5.95 Å². The van der Waals surface area contributed by atoms with Crippen LogP contribution < -0.4 is 21.1 Å². The van der Waals surface area contributed by atoms with Gasteiger partial charge < -0.3 is 30.6 Å². The number of rotatable bonds is 7. The Labute approximate surface area is 229 Å². The highest BCUT2D eigenvalue weighted by molar-refractivity contribution is 5.97. The van der Waals surface area contributed by atoms with E-state index in [0.29, 0.717) is 48.5 Å². The number of piperidine rings is 1. The molecule has 208 valence electrons. The summed E-state index contributed by atoms with van der Waals surface area (Å²) in [5, 5.41) is 7.29. The van der Waals surface area contributed by atoms with Crippen molar-refractivity contribution in [2.75, 3.05) is 30.8 Å². The van der Waals surface area contributed by atoms with Crippen LogP contribution >= 0.6 is 0 Å². The molecule has 10 heteroatoms. The Morgan fingerprint density at radius 3 is 2.41 bits per heavy atom. The van der Waals surface area contributed by atoms with Gasteiger partial charge >= 0.3 is 0 Å². The smallest absolute Gasteiger partial charge is 0.257 e. The summed E-state index contributed by atoms with van der Waals surface area (Å²) in [5.74, 6) is 2.07. The molecular weight excluding hydrogens is 492 g/mol. The predicted molar refractivity (Wildman–Crippen MR) is 152 cm³/mol. The zero-order valence-corrected chi connectivity index (χ0v) is 22.8. The normalized spacial score (nSPS) is 22.8. The lowest BCUT2D eigenvalue weighted by molar-refractivity contribution is 0.0715. The third kappa shape index (κ3) is 5.52. The molecule has 2 aliphatic carbocycles. The van der Waals surface area contributed by atoms with Crippen LogP contribution in [0.2, 0.25) is 0 Å². The van der Waals surface area contributed by atoms with Crippen molar-refractivity contribution in [1.82, 2.24) is 24.4 Å². The van der Waals surface area contributed by atoms with E-state index in [9.17, 15) is 4.79 Å². The number of methoxy groups -OCH3 is 1. The third-order valence-corrected chi connectivity index (χ3v) is 8.70. The molecule has 0 unspecified atom stereocenters. The van der Waals surface area contributed by atoms with Gasteiger partial charge in [-0.2, -0.15) is 9.97 Å². The van der Waals surface area contributed by atoms with E-state index in [-0.39, 0.29) is 11.9 Å². The molecule has 0 spiro atoms. The van der Waals surface area contributed by atoms with Gasteiger partial charge in [-0.05, 0) is 63.5 Å². The van der Waals surface area contributed by atoms with Gasteiger partial charge in [-0.15, -0.1) is 0 Å². The number of amides is 1. The highest BCUT2D eigenvalue weighted by Gasteiger charge is 2.28. The molecule has 3 aromatic rings. The van der Waals surface area contributed by atoms with Gasteiger partial charge in [0.05, 0.1) is 19.0 Å². The molecule has 39 heavy (non-hydrogen) atoms. The first-order valence-corrected chi connectivity index (χ1v) is 14.5. The lowest BCUT2D eigenvalue weighted by atomic mass is 9.92. The van der Waals surface area contributed by atoms with Gasteiger partial charge in [0.15, 0.2) is 17.0 Å². The molecule has 6 rings (SSSR count). The van der Waals surface area contributed by atoms with Crippen molar-refractivity contribution in [1.29, 1.82) is 0 Å². The molecule has 3 aliphatic rings. The standard InChI is InChI=1S/C29H40N8O2/c1-39-24-9-5-4-8-23(24)28(38)36-16-14-21(15-17-36)32-26-25-27(37(18-31-25)22-6-2-3-7-22)35-29(34-26)33-20-12-10-19(30)11-13-20/h4-5,8-9,18-22H,2-3,6-7,10-17,30H2,1H3,(H2,32,33,34,35). The van der Waals surface area contributed by atoms with E-state index in [1.807, 2.05) is 35.5 Å². The molecule has 1 saturated heterocycles. The van der Waals surface area contributed by atoms with E-state index in [2.05, 4.69) is 15.2 Å². The predicted octanol–water partition coefficient (Wildman–Crippen LogP) is 4.35. The fourth-order valence-electron chi connectivity index (χ4n) is 6.39. The first-order valence-electron chi connectivity index (χ1n) is 14.5. The molecule has 4 N–H and O–H groups in total. The Bertz CT molecular complexity index is 1290. The van der Waals surface area contributed by atoms with Crippen molar-refractivity contribution in [2.45, 2.75) is 88.4 Å². The number of nitrogens with two attached hydrogens (primary N) is 1. The maximum atomic E-state index is 13.2. The van der Waals surface area contributed by atoms with E-state index in [4.69, 9.17) is 25.4 Å². The zero-order chi connectivity index (χ0) is 26.8. The Hall–Kier alpha value is -3.40. The number of nitrogens with one attached hydrogen (secondary N) is 2. The second-order valence-corrected chi connectivity index (χ2v) is 11.3. The number of ether oxygens (including phenoxy) is 1. The number of nitrogens with zero attached hydrogens (tertiary/aromatic N) is 5. The summed E-state index contributed by atoms with van der Waals surface area (Å²) in [7, 11) is 1.60. The van der Waals surface area contributed by atoms with Crippen LogP contribution in [0.1, 0.15) is 80.6 Å². The number of hydrogen-bond donors (Lipinski definition) is 3. The molecule has 10 nitrogen and oxygen atoms in total. The van der Waals surface area contributed by atoms with Crippen LogP contribution in [0.4, 0.5) is 11.8 Å². The molecule has 0 atom stereocenters. The minimum Gasteiger partial charge on any atom is -0.496 e. The monoisotopic (exact) mass is 532 g/mol. The Morgan fingerprint density at radius 2 is 1.67 bits per heavy atom. The summed E-state index contributed by atoms with van der Waals surface area (Å²) in [6.07, 6.45) is 12.6. The Kier molecular flexibility index (Phi) is 7.54. The summed E-state index contributed by atoms with van der Waals surface area (Å²) >= 11 is 0. The maximum absolute atomic E-state index is 13.2. The minimum absolute atomic E-state index is 0.0179. The molecule has 3 heterocycles. The molecule has 3 fully saturated rings. The van der Waals surface area contributed by atoms with Crippen molar-refractivity contribution in [2.24, 2.45) is 5.73 Å². The average Bonchev–Trinajstić information content (AvgIpc) is 3.65. The van der Waals surface area contributed by atoms with Crippen molar-refractivity contribution in [3.63, 3.8) is 0 Å². The number of carbonyl (C=O) groups is 1. The number of hydrogen-bond acceptors (Lipinski definition) is 8. The quantitative estimate of drug-likeness (QED) is 0.410. The molecule has 2 saturated carbocycles. The van der Waals surface area contributed by atoms with E-state index >= 15 is 0 Å². The molecule has 1 aliphatic heterocycles. The zero-order valence-electron chi connectivity index (χ0n) is 22.8. The van der Waals surface area contributed by atoms with Crippen molar-refractivity contribution in [3.05, 3.63) is 36.2 Å². The lowest BCUT2D eigenvalue weighted by Gasteiger charge is -2.33. The number of imidazole rings is 1. The van der Waals surface area contributed by atoms with Crippen LogP contribution in [0.25, 0.3) is 11.2 Å². The number of anilines is 2. The van der Waals surface area contributed by atoms with Gasteiger partial charge in [-0.1, -0.05) is 25.0 Å². The number of likely N-dealkylation sites (tertiary alicyclic amines) is 1. The fourth-order valence-corrected chi connectivity index (χ4v) is 6.39. The van der Waals surface area contributed by atoms with E-state index in [1.165, 1.54) is 25.7 Å². The van der Waals surface area contributed by atoms with E-state index in [0.717, 1.165) is 55.5 Å². The highest BCUT2D eigenvalue weighted by atomic mass is 16.5. The number of aromatic nitrogens is 4. The second-order valence-electron chi connectivity index (χ2n) is 11.3. The van der Waals surface area contributed by atoms with Gasteiger partial charge in [-0.3, -0.25) is 4.79 Å². The van der Waals surface area contributed by atoms with Crippen LogP contribution in [0.5, 0.6) is 5.75 Å². The molecular formula is C29H40N8O2. The first-order chi connectivity index (χ1) is 19.1. The van der Waals surface area contributed by atoms with Crippen LogP contribution in [0, 0.1) is 0 Å². The van der Waals surface area contributed by atoms with Crippen molar-refractivity contribution < 1.29 is 9.53 Å². The topological polar surface area (TPSA) is 123 Å². The van der Waals surface area contributed by atoms with Gasteiger partial charge in [0.1, 0.15) is 5.75 Å². The van der Waals surface area contributed by atoms with Crippen LogP contribution in [0.3, 0.4) is 0 Å². The highest BCUT2D eigenvalue weighted by Crippen LogP contribution is 2.34. The van der Waals surface area contributed by atoms with Crippen LogP contribution in [-0.4, -0.2) is 68.7 Å². The summed E-state index contributed by atoms with van der Waals surface area (Å²) in [5.41, 5.74) is 8.47. The molecule has 0 bridgehead atoms. The molecule has 1 amide bonds. The van der Waals surface area contributed by atoms with Gasteiger partial charge in [0, 0.05) is 37.3 Å². The Balaban J connectivity index is 1.19.